The van der Waals surface area contributed by atoms with Crippen LogP contribution in [0.5, 0.6) is 0 Å². The van der Waals surface area contributed by atoms with Crippen LogP contribution in [0.15, 0.2) is 0 Å². The minimum atomic E-state index is -3.56. The van der Waals surface area contributed by atoms with Crippen molar-refractivity contribution in [3.8, 4) is 0 Å². The third-order valence-corrected chi connectivity index (χ3v) is 5.49. The monoisotopic (exact) mass is 304 g/mol. The van der Waals surface area contributed by atoms with Gasteiger partial charge in [0.2, 0.25) is 0 Å². The highest BCUT2D eigenvalue weighted by Gasteiger charge is 2.37. The first kappa shape index (κ1) is 17.7. The predicted octanol–water partition coefficient (Wildman–Crippen LogP) is 2.99. The fourth-order valence-corrected chi connectivity index (χ4v) is 4.52. The van der Waals surface area contributed by atoms with Gasteiger partial charge in [-0.1, -0.05) is 0 Å². The molecule has 0 amide bonds. The van der Waals surface area contributed by atoms with Crippen molar-refractivity contribution >= 4 is 30.9 Å². The number of hydrogen-bond acceptors (Lipinski definition) is 1. The van der Waals surface area contributed by atoms with Crippen LogP contribution in [-0.4, -0.2) is 51.2 Å². The van der Waals surface area contributed by atoms with Crippen molar-refractivity contribution in [1.29, 1.82) is 0 Å². The SMILES string of the molecule is CC(C)N(CCCl)P(=O)(O)N(CCCl)C(C)C. The smallest absolute Gasteiger partial charge is 0.322 e. The lowest BCUT2D eigenvalue weighted by Gasteiger charge is -2.38. The van der Waals surface area contributed by atoms with Crippen LogP contribution in [0, 0.1) is 0 Å². The van der Waals surface area contributed by atoms with Crippen LogP contribution in [0.3, 0.4) is 0 Å². The van der Waals surface area contributed by atoms with Crippen molar-refractivity contribution in [2.75, 3.05) is 24.8 Å². The van der Waals surface area contributed by atoms with E-state index in [2.05, 4.69) is 0 Å². The van der Waals surface area contributed by atoms with Gasteiger partial charge < -0.3 is 4.89 Å². The van der Waals surface area contributed by atoms with Crippen molar-refractivity contribution < 1.29 is 9.46 Å². The Hall–Kier alpha value is 0.690. The first-order valence-corrected chi connectivity index (χ1v) is 8.41. The maximum atomic E-state index is 12.6. The normalized spacial score (nSPS) is 13.4. The molecule has 0 radical (unpaired) electrons. The molecule has 0 rings (SSSR count). The topological polar surface area (TPSA) is 43.8 Å². The molecular weight excluding hydrogens is 282 g/mol. The van der Waals surface area contributed by atoms with Gasteiger partial charge in [0.1, 0.15) is 0 Å². The van der Waals surface area contributed by atoms with Gasteiger partial charge in [-0.3, -0.25) is 4.57 Å². The Balaban J connectivity index is 5.07. The Morgan fingerprint density at radius 3 is 1.47 bits per heavy atom. The maximum absolute atomic E-state index is 12.6. The van der Waals surface area contributed by atoms with Crippen molar-refractivity contribution in [3.05, 3.63) is 0 Å². The van der Waals surface area contributed by atoms with Crippen molar-refractivity contribution in [3.63, 3.8) is 0 Å². The molecule has 0 bridgehead atoms. The van der Waals surface area contributed by atoms with Gasteiger partial charge in [-0.15, -0.1) is 23.2 Å². The van der Waals surface area contributed by atoms with E-state index in [1.165, 1.54) is 0 Å². The minimum absolute atomic E-state index is 0.0406. The standard InChI is InChI=1S/C10H23Cl2N2O2P/c1-9(2)13(7-5-11)17(15,16)14(8-6-12)10(3)4/h9-10H,5-8H2,1-4H3,(H,15,16). The Bertz CT molecular complexity index is 243. The predicted molar refractivity (Wildman–Crippen MR) is 74.9 cm³/mol. The highest BCUT2D eigenvalue weighted by Crippen LogP contribution is 2.51. The van der Waals surface area contributed by atoms with Crippen molar-refractivity contribution in [2.24, 2.45) is 0 Å². The Morgan fingerprint density at radius 1 is 1.00 bits per heavy atom. The maximum Gasteiger partial charge on any atom is 0.344 e. The molecule has 7 heteroatoms. The van der Waals surface area contributed by atoms with E-state index in [0.29, 0.717) is 24.8 Å². The van der Waals surface area contributed by atoms with Crippen LogP contribution in [0.2, 0.25) is 0 Å². The summed E-state index contributed by atoms with van der Waals surface area (Å²) in [5.74, 6) is 0.658. The second kappa shape index (κ2) is 7.98. The fraction of sp³-hybridized carbons (Fsp3) is 1.00. The molecule has 0 aromatic carbocycles. The van der Waals surface area contributed by atoms with Crippen LogP contribution in [0.1, 0.15) is 27.7 Å². The number of rotatable bonds is 8. The third kappa shape index (κ3) is 5.06. The largest absolute Gasteiger partial charge is 0.344 e. The van der Waals surface area contributed by atoms with Crippen LogP contribution in [0.25, 0.3) is 0 Å². The molecule has 0 aliphatic carbocycles. The molecule has 0 aromatic rings. The molecule has 4 nitrogen and oxygen atoms in total. The number of hydrogen-bond donors (Lipinski definition) is 1. The zero-order valence-electron chi connectivity index (χ0n) is 10.9. The number of halogens is 2. The molecule has 0 saturated heterocycles. The molecule has 0 fully saturated rings. The quantitative estimate of drug-likeness (QED) is 0.553. The van der Waals surface area contributed by atoms with Gasteiger partial charge in [0, 0.05) is 36.9 Å². The minimum Gasteiger partial charge on any atom is -0.322 e. The molecule has 0 saturated carbocycles. The Kier molecular flexibility index (Phi) is 8.30. The van der Waals surface area contributed by atoms with Crippen molar-refractivity contribution in [1.82, 2.24) is 9.34 Å². The highest BCUT2D eigenvalue weighted by atomic mass is 35.5. The molecule has 1 N–H and O–H groups in total. The van der Waals surface area contributed by atoms with E-state index in [9.17, 15) is 9.46 Å². The van der Waals surface area contributed by atoms with Gasteiger partial charge in [0.05, 0.1) is 0 Å². The number of nitrogens with zero attached hydrogens (tertiary/aromatic N) is 2. The lowest BCUT2D eigenvalue weighted by Crippen LogP contribution is -2.40. The molecule has 17 heavy (non-hydrogen) atoms. The second-order valence-electron chi connectivity index (χ2n) is 4.40. The first-order chi connectivity index (χ1) is 7.78. The molecule has 0 aromatic heterocycles. The van der Waals surface area contributed by atoms with E-state index in [0.717, 1.165) is 0 Å². The summed E-state index contributed by atoms with van der Waals surface area (Å²) >= 11 is 11.4. The van der Waals surface area contributed by atoms with Crippen LogP contribution < -0.4 is 0 Å². The number of alkyl halides is 2. The summed E-state index contributed by atoms with van der Waals surface area (Å²) in [7, 11) is -3.56. The third-order valence-electron chi connectivity index (χ3n) is 2.49. The van der Waals surface area contributed by atoms with Gasteiger partial charge in [-0.25, -0.2) is 9.34 Å². The molecular formula is C10H23Cl2N2O2P. The van der Waals surface area contributed by atoms with Gasteiger partial charge in [0.15, 0.2) is 0 Å². The molecule has 0 atom stereocenters. The molecule has 0 spiro atoms. The van der Waals surface area contributed by atoms with E-state index in [1.807, 2.05) is 27.7 Å². The molecule has 0 aliphatic heterocycles. The average molecular weight is 305 g/mol. The summed E-state index contributed by atoms with van der Waals surface area (Å²) < 4.78 is 15.7. The van der Waals surface area contributed by atoms with Gasteiger partial charge >= 0.3 is 7.67 Å². The zero-order chi connectivity index (χ0) is 13.6. The second-order valence-corrected chi connectivity index (χ2v) is 7.21. The lowest BCUT2D eigenvalue weighted by molar-refractivity contribution is 0.233. The van der Waals surface area contributed by atoms with E-state index in [1.54, 1.807) is 9.34 Å². The molecule has 0 heterocycles. The molecule has 0 unspecified atom stereocenters. The lowest BCUT2D eigenvalue weighted by atomic mass is 10.4. The van der Waals surface area contributed by atoms with Crippen molar-refractivity contribution in [2.45, 2.75) is 39.8 Å². The van der Waals surface area contributed by atoms with Gasteiger partial charge in [-0.2, -0.15) is 0 Å². The summed E-state index contributed by atoms with van der Waals surface area (Å²) in [5.41, 5.74) is 0. The van der Waals surface area contributed by atoms with Crippen LogP contribution in [0.4, 0.5) is 0 Å². The molecule has 0 aliphatic rings. The van der Waals surface area contributed by atoms with E-state index in [-0.39, 0.29) is 12.1 Å². The molecule has 104 valence electrons. The summed E-state index contributed by atoms with van der Waals surface area (Å²) in [6, 6.07) is -0.0812. The summed E-state index contributed by atoms with van der Waals surface area (Å²) in [5, 5.41) is 0. The average Bonchev–Trinajstić information content (AvgIpc) is 2.20. The highest BCUT2D eigenvalue weighted by molar-refractivity contribution is 7.53. The van der Waals surface area contributed by atoms with Crippen LogP contribution in [-0.2, 0) is 4.57 Å². The Labute approximate surface area is 114 Å². The first-order valence-electron chi connectivity index (χ1n) is 5.78. The zero-order valence-corrected chi connectivity index (χ0v) is 13.3. The van der Waals surface area contributed by atoms with E-state index < -0.39 is 7.67 Å². The summed E-state index contributed by atoms with van der Waals surface area (Å²) in [6.07, 6.45) is 0. The fourth-order valence-electron chi connectivity index (χ4n) is 1.70. The van der Waals surface area contributed by atoms with Crippen LogP contribution >= 0.6 is 30.9 Å². The van der Waals surface area contributed by atoms with Gasteiger partial charge in [-0.05, 0) is 27.7 Å². The summed E-state index contributed by atoms with van der Waals surface area (Å²) in [6.45, 7) is 8.31. The Morgan fingerprint density at radius 2 is 1.29 bits per heavy atom. The summed E-state index contributed by atoms with van der Waals surface area (Å²) in [4.78, 5) is 10.3. The van der Waals surface area contributed by atoms with E-state index >= 15 is 0 Å². The van der Waals surface area contributed by atoms with E-state index in [4.69, 9.17) is 23.2 Å². The van der Waals surface area contributed by atoms with Gasteiger partial charge in [0.25, 0.3) is 0 Å².